The van der Waals surface area contributed by atoms with Gasteiger partial charge in [0.05, 0.1) is 12.1 Å². The molecule has 0 spiro atoms. The third-order valence-corrected chi connectivity index (χ3v) is 5.33. The molecule has 0 aliphatic carbocycles. The van der Waals surface area contributed by atoms with Gasteiger partial charge in [-0.2, -0.15) is 0 Å². The number of rotatable bonds is 5. The van der Waals surface area contributed by atoms with Crippen molar-refractivity contribution in [2.75, 3.05) is 5.32 Å². The summed E-state index contributed by atoms with van der Waals surface area (Å²) in [5.41, 5.74) is 3.72. The second kappa shape index (κ2) is 7.04. The van der Waals surface area contributed by atoms with E-state index in [1.54, 1.807) is 5.51 Å². The van der Waals surface area contributed by atoms with Crippen LogP contribution >= 0.6 is 23.1 Å². The lowest BCUT2D eigenvalue weighted by Gasteiger charge is -2.08. The number of hydrogen-bond acceptors (Lipinski definition) is 7. The summed E-state index contributed by atoms with van der Waals surface area (Å²) in [7, 11) is 0. The maximum Gasteiger partial charge on any atom is 0.230 e. The fourth-order valence-electron chi connectivity index (χ4n) is 2.37. The van der Waals surface area contributed by atoms with Gasteiger partial charge in [0, 0.05) is 10.3 Å². The Labute approximate surface area is 151 Å². The molecular weight excluding hydrogens is 356 g/mol. The maximum atomic E-state index is 12.5. The van der Waals surface area contributed by atoms with Gasteiger partial charge in [0.2, 0.25) is 5.91 Å². The van der Waals surface area contributed by atoms with Gasteiger partial charge in [0.15, 0.2) is 9.92 Å². The number of hydrogen-bond donors (Lipinski definition) is 1. The van der Waals surface area contributed by atoms with Gasteiger partial charge in [-0.3, -0.25) is 4.79 Å². The molecule has 25 heavy (non-hydrogen) atoms. The molecule has 124 valence electrons. The molecule has 1 N–H and O–H groups in total. The van der Waals surface area contributed by atoms with E-state index in [1.807, 2.05) is 48.5 Å². The second-order valence-corrected chi connectivity index (χ2v) is 7.28. The van der Waals surface area contributed by atoms with Crippen LogP contribution in [0.4, 0.5) is 5.69 Å². The van der Waals surface area contributed by atoms with Crippen molar-refractivity contribution >= 4 is 45.7 Å². The van der Waals surface area contributed by atoms with E-state index in [9.17, 15) is 4.79 Å². The summed E-state index contributed by atoms with van der Waals surface area (Å²) in [6.45, 7) is 0. The van der Waals surface area contributed by atoms with E-state index in [-0.39, 0.29) is 12.3 Å². The Kier molecular flexibility index (Phi) is 4.45. The second-order valence-electron chi connectivity index (χ2n) is 5.15. The first-order valence-electron chi connectivity index (χ1n) is 7.46. The van der Waals surface area contributed by atoms with Gasteiger partial charge >= 0.3 is 0 Å². The first kappa shape index (κ1) is 15.8. The Morgan fingerprint density at radius 2 is 2.00 bits per heavy atom. The highest BCUT2D eigenvalue weighted by molar-refractivity contribution is 8.01. The number of aromatic nitrogens is 3. The highest BCUT2D eigenvalue weighted by Crippen LogP contribution is 2.34. The van der Waals surface area contributed by atoms with Gasteiger partial charge in [0.1, 0.15) is 11.2 Å². The summed E-state index contributed by atoms with van der Waals surface area (Å²) in [4.78, 5) is 13.4. The molecule has 0 saturated carbocycles. The SMILES string of the molecule is O=C(Cc1noc2ccccc12)Nc1ccccc1Sc1nncs1. The van der Waals surface area contributed by atoms with Crippen molar-refractivity contribution in [3.05, 3.63) is 59.7 Å². The first-order chi connectivity index (χ1) is 12.3. The smallest absolute Gasteiger partial charge is 0.230 e. The van der Waals surface area contributed by atoms with Crippen molar-refractivity contribution in [3.8, 4) is 0 Å². The van der Waals surface area contributed by atoms with Crippen LogP contribution in [-0.2, 0) is 11.2 Å². The van der Waals surface area contributed by atoms with Crippen LogP contribution in [0.5, 0.6) is 0 Å². The lowest BCUT2D eigenvalue weighted by molar-refractivity contribution is -0.115. The van der Waals surface area contributed by atoms with E-state index in [2.05, 4.69) is 20.7 Å². The topological polar surface area (TPSA) is 80.9 Å². The molecule has 2 aromatic carbocycles. The van der Waals surface area contributed by atoms with Crippen LogP contribution in [0.25, 0.3) is 11.0 Å². The maximum absolute atomic E-state index is 12.5. The van der Waals surface area contributed by atoms with Crippen LogP contribution in [0.15, 0.2) is 67.8 Å². The van der Waals surface area contributed by atoms with Crippen molar-refractivity contribution in [2.45, 2.75) is 15.7 Å². The summed E-state index contributed by atoms with van der Waals surface area (Å²) < 4.78 is 6.07. The van der Waals surface area contributed by atoms with Gasteiger partial charge < -0.3 is 9.84 Å². The number of carbonyl (C=O) groups is 1. The Morgan fingerprint density at radius 3 is 2.88 bits per heavy atom. The molecule has 0 radical (unpaired) electrons. The van der Waals surface area contributed by atoms with Crippen LogP contribution in [0.2, 0.25) is 0 Å². The summed E-state index contributed by atoms with van der Waals surface area (Å²) >= 11 is 2.93. The molecule has 0 bridgehead atoms. The number of nitrogens with zero attached hydrogens (tertiary/aromatic N) is 3. The van der Waals surface area contributed by atoms with Crippen molar-refractivity contribution in [2.24, 2.45) is 0 Å². The van der Waals surface area contributed by atoms with Crippen LogP contribution in [0, 0.1) is 0 Å². The van der Waals surface area contributed by atoms with Gasteiger partial charge in [-0.05, 0) is 24.3 Å². The quantitative estimate of drug-likeness (QED) is 0.573. The molecule has 0 aliphatic heterocycles. The van der Waals surface area contributed by atoms with Crippen LogP contribution in [0.3, 0.4) is 0 Å². The number of amides is 1. The fourth-order valence-corrected chi connectivity index (χ4v) is 3.89. The van der Waals surface area contributed by atoms with E-state index >= 15 is 0 Å². The monoisotopic (exact) mass is 368 g/mol. The molecule has 0 atom stereocenters. The highest BCUT2D eigenvalue weighted by Gasteiger charge is 2.14. The average Bonchev–Trinajstić information content (AvgIpc) is 3.27. The van der Waals surface area contributed by atoms with E-state index < -0.39 is 0 Å². The Hall–Kier alpha value is -2.71. The number of carbonyl (C=O) groups excluding carboxylic acids is 1. The average molecular weight is 368 g/mol. The predicted molar refractivity (Wildman–Crippen MR) is 96.8 cm³/mol. The standard InChI is InChI=1S/C17H12N4O2S2/c22-16(9-13-11-5-1-3-7-14(11)23-21-13)19-12-6-2-4-8-15(12)25-17-20-18-10-24-17/h1-8,10H,9H2,(H,19,22). The number of para-hydroxylation sites is 2. The number of nitrogens with one attached hydrogen (secondary N) is 1. The van der Waals surface area contributed by atoms with Crippen LogP contribution in [-0.4, -0.2) is 21.3 Å². The third kappa shape index (κ3) is 3.54. The summed E-state index contributed by atoms with van der Waals surface area (Å²) in [5, 5.41) is 15.7. The lowest BCUT2D eigenvalue weighted by Crippen LogP contribution is -2.15. The molecular formula is C17H12N4O2S2. The minimum Gasteiger partial charge on any atom is -0.356 e. The molecule has 4 rings (SSSR count). The number of fused-ring (bicyclic) bond motifs is 1. The van der Waals surface area contributed by atoms with E-state index in [1.165, 1.54) is 23.1 Å². The summed E-state index contributed by atoms with van der Waals surface area (Å²) in [5.74, 6) is -0.149. The zero-order chi connectivity index (χ0) is 17.1. The Balaban J connectivity index is 1.51. The van der Waals surface area contributed by atoms with Crippen LogP contribution < -0.4 is 5.32 Å². The van der Waals surface area contributed by atoms with Gasteiger partial charge in [-0.25, -0.2) is 0 Å². The minimum atomic E-state index is -0.149. The summed E-state index contributed by atoms with van der Waals surface area (Å²) in [6, 6.07) is 15.1. The Bertz CT molecular complexity index is 1010. The normalized spacial score (nSPS) is 10.9. The number of benzene rings is 2. The molecule has 0 fully saturated rings. The molecule has 2 aromatic heterocycles. The molecule has 4 aromatic rings. The highest BCUT2D eigenvalue weighted by atomic mass is 32.2. The van der Waals surface area contributed by atoms with E-state index in [0.29, 0.717) is 11.3 Å². The molecule has 2 heterocycles. The minimum absolute atomic E-state index is 0.148. The predicted octanol–water partition coefficient (Wildman–Crippen LogP) is 4.01. The zero-order valence-electron chi connectivity index (χ0n) is 12.9. The zero-order valence-corrected chi connectivity index (χ0v) is 14.5. The summed E-state index contributed by atoms with van der Waals surface area (Å²) in [6.07, 6.45) is 0.148. The Morgan fingerprint density at radius 1 is 1.16 bits per heavy atom. The van der Waals surface area contributed by atoms with Crippen molar-refractivity contribution in [1.82, 2.24) is 15.4 Å². The van der Waals surface area contributed by atoms with Gasteiger partial charge in [-0.1, -0.05) is 52.5 Å². The largest absolute Gasteiger partial charge is 0.356 e. The van der Waals surface area contributed by atoms with E-state index in [0.717, 1.165) is 20.3 Å². The van der Waals surface area contributed by atoms with E-state index in [4.69, 9.17) is 4.52 Å². The lowest BCUT2D eigenvalue weighted by atomic mass is 10.1. The van der Waals surface area contributed by atoms with Gasteiger partial charge in [0.25, 0.3) is 0 Å². The number of anilines is 1. The molecule has 6 nitrogen and oxygen atoms in total. The molecule has 1 amide bonds. The fraction of sp³-hybridized carbons (Fsp3) is 0.0588. The molecule has 8 heteroatoms. The van der Waals surface area contributed by atoms with Crippen LogP contribution in [0.1, 0.15) is 5.69 Å². The van der Waals surface area contributed by atoms with Crippen molar-refractivity contribution in [3.63, 3.8) is 0 Å². The molecule has 0 saturated heterocycles. The third-order valence-electron chi connectivity index (χ3n) is 3.48. The molecule has 0 aliphatic rings. The van der Waals surface area contributed by atoms with Crippen molar-refractivity contribution in [1.29, 1.82) is 0 Å². The van der Waals surface area contributed by atoms with Crippen molar-refractivity contribution < 1.29 is 9.32 Å². The first-order valence-corrected chi connectivity index (χ1v) is 9.15. The van der Waals surface area contributed by atoms with Gasteiger partial charge in [-0.15, -0.1) is 10.2 Å². The molecule has 0 unspecified atom stereocenters.